The second kappa shape index (κ2) is 9.88. The van der Waals surface area contributed by atoms with E-state index in [9.17, 15) is 18.0 Å². The fraction of sp³-hybridized carbons (Fsp3) is 0.333. The third kappa shape index (κ3) is 5.42. The average molecular weight is 502 g/mol. The first-order valence-electron chi connectivity index (χ1n) is 11.2. The number of anilines is 2. The molecule has 9 nitrogen and oxygen atoms in total. The van der Waals surface area contributed by atoms with Crippen LogP contribution < -0.4 is 15.4 Å². The molecule has 0 atom stereocenters. The van der Waals surface area contributed by atoms with E-state index in [0.29, 0.717) is 23.9 Å². The Labute approximate surface area is 205 Å². The molecule has 1 amide bonds. The maximum atomic E-state index is 12.5. The van der Waals surface area contributed by atoms with Crippen molar-refractivity contribution in [1.82, 2.24) is 30.3 Å². The van der Waals surface area contributed by atoms with Gasteiger partial charge in [0, 0.05) is 23.2 Å². The number of nitrogens with zero attached hydrogens (tertiary/aromatic N) is 4. The van der Waals surface area contributed by atoms with E-state index in [0.717, 1.165) is 22.2 Å². The van der Waals surface area contributed by atoms with Crippen LogP contribution in [0.3, 0.4) is 0 Å². The predicted octanol–water partition coefficient (Wildman–Crippen LogP) is 4.83. The molecule has 0 bridgehead atoms. The average Bonchev–Trinajstić information content (AvgIpc) is 3.46. The van der Waals surface area contributed by atoms with E-state index in [1.165, 1.54) is 19.2 Å². The molecule has 0 aliphatic heterocycles. The van der Waals surface area contributed by atoms with Crippen molar-refractivity contribution in [1.29, 1.82) is 0 Å². The Morgan fingerprint density at radius 2 is 2.00 bits per heavy atom. The van der Waals surface area contributed by atoms with Crippen molar-refractivity contribution in [3.05, 3.63) is 47.7 Å². The highest BCUT2D eigenvalue weighted by Crippen LogP contribution is 2.30. The maximum absolute atomic E-state index is 12.5. The maximum Gasteiger partial charge on any atom is 0.405 e. The van der Waals surface area contributed by atoms with Gasteiger partial charge < -0.3 is 15.4 Å². The number of aryl methyl sites for hydroxylation is 1. The molecule has 0 radical (unpaired) electrons. The van der Waals surface area contributed by atoms with Gasteiger partial charge in [0.15, 0.2) is 5.82 Å². The number of hydrogen-bond acceptors (Lipinski definition) is 6. The number of carbonyl (C=O) groups excluding carboxylic acids is 1. The molecule has 0 aliphatic carbocycles. The molecule has 4 rings (SSSR count). The Hall–Kier alpha value is -4.09. The molecule has 3 N–H and O–H groups in total. The molecule has 190 valence electrons. The summed E-state index contributed by atoms with van der Waals surface area (Å²) < 4.78 is 44.5. The number of fused-ring (bicyclic) bond motifs is 1. The van der Waals surface area contributed by atoms with Gasteiger partial charge in [0.2, 0.25) is 5.95 Å². The van der Waals surface area contributed by atoms with Gasteiger partial charge in [-0.25, -0.2) is 4.68 Å². The molecule has 0 fully saturated rings. The minimum Gasteiger partial charge on any atom is -0.496 e. The van der Waals surface area contributed by atoms with Crippen molar-refractivity contribution in [2.45, 2.75) is 33.5 Å². The first kappa shape index (κ1) is 25.0. The van der Waals surface area contributed by atoms with Gasteiger partial charge in [-0.2, -0.15) is 23.3 Å². The Morgan fingerprint density at radius 1 is 1.22 bits per heavy atom. The van der Waals surface area contributed by atoms with Crippen LogP contribution in [0.15, 0.2) is 36.5 Å². The summed E-state index contributed by atoms with van der Waals surface area (Å²) >= 11 is 0. The highest BCUT2D eigenvalue weighted by Gasteiger charge is 2.28. The number of carbonyl (C=O) groups is 1. The lowest BCUT2D eigenvalue weighted by Gasteiger charge is -2.12. The van der Waals surface area contributed by atoms with Crippen LogP contribution in [0, 0.1) is 12.8 Å². The SMILES string of the molecule is COc1cc(-c2nc(Nc3ccc4[nH]ncc4c3C)n(CC(C)C)n2)ccc1C(=O)NCC(F)(F)F. The number of alkyl halides is 3. The van der Waals surface area contributed by atoms with E-state index in [2.05, 4.69) is 39.4 Å². The van der Waals surface area contributed by atoms with Crippen LogP contribution in [0.4, 0.5) is 24.8 Å². The Morgan fingerprint density at radius 3 is 2.69 bits per heavy atom. The molecule has 0 saturated heterocycles. The van der Waals surface area contributed by atoms with E-state index >= 15 is 0 Å². The van der Waals surface area contributed by atoms with Gasteiger partial charge >= 0.3 is 6.18 Å². The van der Waals surface area contributed by atoms with Gasteiger partial charge in [-0.1, -0.05) is 19.9 Å². The van der Waals surface area contributed by atoms with Crippen LogP contribution in [0.5, 0.6) is 5.75 Å². The summed E-state index contributed by atoms with van der Waals surface area (Å²) in [5.74, 6) is 0.410. The number of methoxy groups -OCH3 is 1. The number of aromatic nitrogens is 5. The number of ether oxygens (including phenoxy) is 1. The summed E-state index contributed by atoms with van der Waals surface area (Å²) in [7, 11) is 1.34. The first-order chi connectivity index (χ1) is 17.1. The van der Waals surface area contributed by atoms with Crippen molar-refractivity contribution in [2.75, 3.05) is 19.0 Å². The van der Waals surface area contributed by atoms with Crippen molar-refractivity contribution in [3.8, 4) is 17.1 Å². The minimum atomic E-state index is -4.51. The van der Waals surface area contributed by atoms with E-state index in [1.807, 2.05) is 24.4 Å². The van der Waals surface area contributed by atoms with Crippen molar-refractivity contribution in [2.24, 2.45) is 5.92 Å². The number of benzene rings is 2. The molecule has 4 aromatic rings. The van der Waals surface area contributed by atoms with Crippen LogP contribution in [-0.2, 0) is 6.54 Å². The molecule has 0 saturated carbocycles. The lowest BCUT2D eigenvalue weighted by Crippen LogP contribution is -2.33. The van der Waals surface area contributed by atoms with Crippen molar-refractivity contribution in [3.63, 3.8) is 0 Å². The summed E-state index contributed by atoms with van der Waals surface area (Å²) in [6.07, 6.45) is -2.75. The molecule has 12 heteroatoms. The number of H-pyrrole nitrogens is 1. The van der Waals surface area contributed by atoms with Gasteiger partial charge in [0.1, 0.15) is 12.3 Å². The third-order valence-corrected chi connectivity index (χ3v) is 5.50. The summed E-state index contributed by atoms with van der Waals surface area (Å²) in [6, 6.07) is 8.36. The predicted molar refractivity (Wildman–Crippen MR) is 129 cm³/mol. The zero-order valence-corrected chi connectivity index (χ0v) is 20.2. The topological polar surface area (TPSA) is 110 Å². The summed E-state index contributed by atoms with van der Waals surface area (Å²) in [5, 5.41) is 17.9. The standard InChI is InChI=1S/C24H26F3N7O2/c1-13(2)11-34-23(30-18-7-8-19-17(14(18)3)10-29-32-19)31-21(33-34)15-5-6-16(20(9-15)36-4)22(35)28-12-24(25,26)27/h5-10,13H,11-12H2,1-4H3,(H,28,35)(H,29,32)(H,30,31,33). The van der Waals surface area contributed by atoms with Crippen LogP contribution in [0.25, 0.3) is 22.3 Å². The minimum absolute atomic E-state index is 0.0190. The Kier molecular flexibility index (Phi) is 6.86. The number of nitrogens with one attached hydrogen (secondary N) is 3. The zero-order valence-electron chi connectivity index (χ0n) is 20.2. The molecule has 0 spiro atoms. The van der Waals surface area contributed by atoms with Crippen LogP contribution in [0.2, 0.25) is 0 Å². The molecule has 2 aromatic carbocycles. The molecule has 2 aromatic heterocycles. The summed E-state index contributed by atoms with van der Waals surface area (Å²) in [4.78, 5) is 16.9. The fourth-order valence-corrected chi connectivity index (χ4v) is 3.74. The van der Waals surface area contributed by atoms with Crippen LogP contribution >= 0.6 is 0 Å². The number of hydrogen-bond donors (Lipinski definition) is 3. The summed E-state index contributed by atoms with van der Waals surface area (Å²) in [5.41, 5.74) is 3.30. The first-order valence-corrected chi connectivity index (χ1v) is 11.2. The van der Waals surface area contributed by atoms with Crippen molar-refractivity contribution >= 4 is 28.4 Å². The number of halogens is 3. The monoisotopic (exact) mass is 501 g/mol. The zero-order chi connectivity index (χ0) is 26.0. The van der Waals surface area contributed by atoms with E-state index in [-0.39, 0.29) is 17.2 Å². The van der Waals surface area contributed by atoms with Gasteiger partial charge in [-0.05, 0) is 42.7 Å². The van der Waals surface area contributed by atoms with Crippen LogP contribution in [-0.4, -0.2) is 50.7 Å². The molecule has 0 aliphatic rings. The van der Waals surface area contributed by atoms with Gasteiger partial charge in [0.05, 0.1) is 24.4 Å². The fourth-order valence-electron chi connectivity index (χ4n) is 3.74. The molecule has 2 heterocycles. The summed E-state index contributed by atoms with van der Waals surface area (Å²) in [6.45, 7) is 5.27. The second-order valence-corrected chi connectivity index (χ2v) is 8.74. The quantitative estimate of drug-likeness (QED) is 0.319. The highest BCUT2D eigenvalue weighted by molar-refractivity contribution is 5.97. The second-order valence-electron chi connectivity index (χ2n) is 8.74. The highest BCUT2D eigenvalue weighted by atomic mass is 19.4. The smallest absolute Gasteiger partial charge is 0.405 e. The molecular weight excluding hydrogens is 475 g/mol. The Balaban J connectivity index is 1.66. The van der Waals surface area contributed by atoms with Gasteiger partial charge in [-0.15, -0.1) is 5.10 Å². The lowest BCUT2D eigenvalue weighted by atomic mass is 10.1. The molecule has 0 unspecified atom stereocenters. The molecule has 36 heavy (non-hydrogen) atoms. The lowest BCUT2D eigenvalue weighted by molar-refractivity contribution is -0.123. The van der Waals surface area contributed by atoms with Gasteiger partial charge in [-0.3, -0.25) is 9.89 Å². The van der Waals surface area contributed by atoms with E-state index in [1.54, 1.807) is 16.9 Å². The largest absolute Gasteiger partial charge is 0.496 e. The number of aromatic amines is 1. The van der Waals surface area contributed by atoms with Crippen LogP contribution in [0.1, 0.15) is 29.8 Å². The van der Waals surface area contributed by atoms with E-state index in [4.69, 9.17) is 4.74 Å². The van der Waals surface area contributed by atoms with Crippen molar-refractivity contribution < 1.29 is 22.7 Å². The number of rotatable bonds is 8. The normalized spacial score (nSPS) is 11.8. The third-order valence-electron chi connectivity index (χ3n) is 5.50. The molecular formula is C24H26F3N7O2. The van der Waals surface area contributed by atoms with Gasteiger partial charge in [0.25, 0.3) is 5.91 Å². The van der Waals surface area contributed by atoms with E-state index < -0.39 is 18.6 Å². The Bertz CT molecular complexity index is 1390. The number of amides is 1.